The van der Waals surface area contributed by atoms with Crippen LogP contribution in [0.5, 0.6) is 0 Å². The predicted octanol–water partition coefficient (Wildman–Crippen LogP) is 1.37. The van der Waals surface area contributed by atoms with Gasteiger partial charge in [0.05, 0.1) is 0 Å². The highest BCUT2D eigenvalue weighted by atomic mass is 16.2. The third-order valence-corrected chi connectivity index (χ3v) is 4.31. The molecule has 0 saturated heterocycles. The van der Waals surface area contributed by atoms with E-state index in [2.05, 4.69) is 15.3 Å². The van der Waals surface area contributed by atoms with Gasteiger partial charge in [0.25, 0.3) is 22.9 Å². The quantitative estimate of drug-likeness (QED) is 0.635. The van der Waals surface area contributed by atoms with E-state index in [1.807, 2.05) is 20.8 Å². The summed E-state index contributed by atoms with van der Waals surface area (Å²) in [5.74, 6) is -0.633. The zero-order valence-corrected chi connectivity index (χ0v) is 16.3. The van der Waals surface area contributed by atoms with Gasteiger partial charge in [-0.2, -0.15) is 0 Å². The van der Waals surface area contributed by atoms with Crippen molar-refractivity contribution in [1.29, 1.82) is 0 Å². The average Bonchev–Trinajstić information content (AvgIpc) is 2.65. The summed E-state index contributed by atoms with van der Waals surface area (Å²) in [5, 5.41) is 2.85. The molecule has 0 bridgehead atoms. The number of likely N-dealkylation sites (N-methyl/N-ethyl adjacent to an activating group) is 1. The molecule has 0 unspecified atom stereocenters. The predicted molar refractivity (Wildman–Crippen MR) is 106 cm³/mol. The van der Waals surface area contributed by atoms with Gasteiger partial charge in [0.2, 0.25) is 0 Å². The van der Waals surface area contributed by atoms with Gasteiger partial charge in [0.1, 0.15) is 11.1 Å². The van der Waals surface area contributed by atoms with Crippen LogP contribution in [0.1, 0.15) is 47.9 Å². The summed E-state index contributed by atoms with van der Waals surface area (Å²) in [6.45, 7) is 6.44. The van der Waals surface area contributed by atoms with Crippen molar-refractivity contribution in [3.8, 4) is 0 Å². The molecule has 8 heteroatoms. The zero-order chi connectivity index (χ0) is 20.7. The number of aromatic nitrogens is 2. The number of nitrogens with one attached hydrogen (secondary N) is 3. The molecule has 1 atom stereocenters. The van der Waals surface area contributed by atoms with Gasteiger partial charge >= 0.3 is 0 Å². The topological polar surface area (TPSA) is 115 Å². The molecule has 0 radical (unpaired) electrons. The van der Waals surface area contributed by atoms with Crippen molar-refractivity contribution in [1.82, 2.24) is 20.2 Å². The number of rotatable bonds is 8. The number of carbonyl (C=O) groups excluding carboxylic acids is 2. The molecular formula is C20H26N4O4. The number of H-pyrrole nitrogens is 2. The first-order valence-electron chi connectivity index (χ1n) is 9.29. The van der Waals surface area contributed by atoms with E-state index in [0.29, 0.717) is 13.0 Å². The van der Waals surface area contributed by atoms with E-state index in [1.54, 1.807) is 12.1 Å². The summed E-state index contributed by atoms with van der Waals surface area (Å²) in [4.78, 5) is 55.6. The highest BCUT2D eigenvalue weighted by molar-refractivity contribution is 5.95. The summed E-state index contributed by atoms with van der Waals surface area (Å²) < 4.78 is 0. The molecule has 150 valence electrons. The second-order valence-corrected chi connectivity index (χ2v) is 6.97. The van der Waals surface area contributed by atoms with Crippen molar-refractivity contribution in [2.24, 2.45) is 5.92 Å². The van der Waals surface area contributed by atoms with Crippen LogP contribution < -0.4 is 16.4 Å². The summed E-state index contributed by atoms with van der Waals surface area (Å²) in [6, 6.07) is 5.74. The van der Waals surface area contributed by atoms with Gasteiger partial charge in [-0.05, 0) is 43.5 Å². The molecule has 8 nitrogen and oxygen atoms in total. The molecule has 3 N–H and O–H groups in total. The number of hydrogen-bond donors (Lipinski definition) is 3. The summed E-state index contributed by atoms with van der Waals surface area (Å²) in [5.41, 5.74) is -0.850. The van der Waals surface area contributed by atoms with Crippen LogP contribution in [0.3, 0.4) is 0 Å². The monoisotopic (exact) mass is 386 g/mol. The van der Waals surface area contributed by atoms with Crippen molar-refractivity contribution >= 4 is 11.8 Å². The van der Waals surface area contributed by atoms with Crippen LogP contribution in [0.2, 0.25) is 0 Å². The first kappa shape index (κ1) is 21.1. The Labute approximate surface area is 163 Å². The molecule has 2 rings (SSSR count). The Balaban J connectivity index is 2.20. The van der Waals surface area contributed by atoms with E-state index in [1.165, 1.54) is 29.4 Å². The SMILES string of the molecule is CCN(C[C@@H](CC(C)C)NC(=O)c1ccc[nH]c1=O)C(=O)c1ccc[nH]c1=O. The molecule has 0 aliphatic rings. The van der Waals surface area contributed by atoms with Crippen molar-refractivity contribution in [3.63, 3.8) is 0 Å². The first-order valence-corrected chi connectivity index (χ1v) is 9.29. The van der Waals surface area contributed by atoms with Crippen LogP contribution in [0, 0.1) is 5.92 Å². The Bertz CT molecular complexity index is 932. The number of hydrogen-bond acceptors (Lipinski definition) is 4. The summed E-state index contributed by atoms with van der Waals surface area (Å²) in [7, 11) is 0. The largest absolute Gasteiger partial charge is 0.347 e. The third-order valence-electron chi connectivity index (χ3n) is 4.31. The van der Waals surface area contributed by atoms with Gasteiger partial charge in [-0.15, -0.1) is 0 Å². The van der Waals surface area contributed by atoms with Crippen LogP contribution in [-0.4, -0.2) is 45.8 Å². The fourth-order valence-electron chi connectivity index (χ4n) is 2.99. The molecule has 0 aliphatic heterocycles. The maximum Gasteiger partial charge on any atom is 0.260 e. The number of pyridine rings is 2. The lowest BCUT2D eigenvalue weighted by molar-refractivity contribution is 0.0724. The van der Waals surface area contributed by atoms with Crippen molar-refractivity contribution in [2.45, 2.75) is 33.2 Å². The molecule has 2 heterocycles. The number of aromatic amines is 2. The molecule has 0 aliphatic carbocycles. The van der Waals surface area contributed by atoms with Gasteiger partial charge in [0.15, 0.2) is 0 Å². The maximum atomic E-state index is 12.8. The number of nitrogens with zero attached hydrogens (tertiary/aromatic N) is 1. The van der Waals surface area contributed by atoms with Gasteiger partial charge in [-0.3, -0.25) is 19.2 Å². The highest BCUT2D eigenvalue weighted by Crippen LogP contribution is 2.09. The smallest absolute Gasteiger partial charge is 0.260 e. The number of amides is 2. The van der Waals surface area contributed by atoms with Crippen LogP contribution in [-0.2, 0) is 0 Å². The maximum absolute atomic E-state index is 12.8. The summed E-state index contributed by atoms with van der Waals surface area (Å²) >= 11 is 0. The molecular weight excluding hydrogens is 360 g/mol. The minimum atomic E-state index is -0.492. The molecule has 2 aromatic heterocycles. The molecule has 0 saturated carbocycles. The van der Waals surface area contributed by atoms with Crippen molar-refractivity contribution in [2.75, 3.05) is 13.1 Å². The van der Waals surface area contributed by atoms with E-state index in [9.17, 15) is 19.2 Å². The van der Waals surface area contributed by atoms with Gasteiger partial charge in [0, 0.05) is 31.5 Å². The molecule has 0 fully saturated rings. The van der Waals surface area contributed by atoms with Crippen molar-refractivity contribution < 1.29 is 9.59 Å². The van der Waals surface area contributed by atoms with E-state index >= 15 is 0 Å². The fourth-order valence-corrected chi connectivity index (χ4v) is 2.99. The van der Waals surface area contributed by atoms with E-state index in [-0.39, 0.29) is 29.6 Å². The van der Waals surface area contributed by atoms with E-state index in [4.69, 9.17) is 0 Å². The molecule has 28 heavy (non-hydrogen) atoms. The standard InChI is InChI=1S/C20H26N4O4/c1-4-24(20(28)16-8-6-10-22-18(16)26)12-14(11-13(2)3)23-19(27)15-7-5-9-21-17(15)25/h5-10,13-14H,4,11-12H2,1-3H3,(H,21,25)(H,22,26)(H,23,27)/t14-/m1/s1. The Morgan fingerprint density at radius 2 is 1.61 bits per heavy atom. The van der Waals surface area contributed by atoms with E-state index in [0.717, 1.165) is 0 Å². The second kappa shape index (κ2) is 9.68. The molecule has 0 aromatic carbocycles. The average molecular weight is 386 g/mol. The molecule has 2 amide bonds. The Morgan fingerprint density at radius 1 is 1.04 bits per heavy atom. The summed E-state index contributed by atoms with van der Waals surface area (Å²) in [6.07, 6.45) is 3.54. The van der Waals surface area contributed by atoms with Gasteiger partial charge in [-0.1, -0.05) is 13.8 Å². The highest BCUT2D eigenvalue weighted by Gasteiger charge is 2.23. The molecule has 0 spiro atoms. The lowest BCUT2D eigenvalue weighted by atomic mass is 10.0. The minimum Gasteiger partial charge on any atom is -0.347 e. The van der Waals surface area contributed by atoms with Crippen LogP contribution in [0.4, 0.5) is 0 Å². The van der Waals surface area contributed by atoms with Gasteiger partial charge < -0.3 is 20.2 Å². The van der Waals surface area contributed by atoms with Crippen molar-refractivity contribution in [3.05, 3.63) is 68.5 Å². The van der Waals surface area contributed by atoms with Crippen LogP contribution >= 0.6 is 0 Å². The lowest BCUT2D eigenvalue weighted by Crippen LogP contribution is -2.48. The lowest BCUT2D eigenvalue weighted by Gasteiger charge is -2.28. The zero-order valence-electron chi connectivity index (χ0n) is 16.3. The normalized spacial score (nSPS) is 11.9. The second-order valence-electron chi connectivity index (χ2n) is 6.97. The van der Waals surface area contributed by atoms with Gasteiger partial charge in [-0.25, -0.2) is 0 Å². The number of carbonyl (C=O) groups is 2. The first-order chi connectivity index (χ1) is 13.3. The Hall–Kier alpha value is -3.16. The minimum absolute atomic E-state index is 0.0186. The van der Waals surface area contributed by atoms with Crippen LogP contribution in [0.25, 0.3) is 0 Å². The van der Waals surface area contributed by atoms with E-state index < -0.39 is 22.9 Å². The third kappa shape index (κ3) is 5.42. The van der Waals surface area contributed by atoms with Crippen LogP contribution in [0.15, 0.2) is 46.2 Å². The molecule has 2 aromatic rings. The Kier molecular flexibility index (Phi) is 7.31. The fraction of sp³-hybridized carbons (Fsp3) is 0.400. The Morgan fingerprint density at radius 3 is 2.11 bits per heavy atom.